The molecule has 0 saturated heterocycles. The zero-order chi connectivity index (χ0) is 27.0. The Hall–Kier alpha value is -3.42. The molecule has 0 fully saturated rings. The van der Waals surface area contributed by atoms with Gasteiger partial charge in [0, 0.05) is 43.2 Å². The highest BCUT2D eigenvalue weighted by Gasteiger charge is 2.25. The molecule has 2 unspecified atom stereocenters. The number of carbonyl (C=O) groups is 1. The summed E-state index contributed by atoms with van der Waals surface area (Å²) in [6.07, 6.45) is 0.987. The Morgan fingerprint density at radius 1 is 1.18 bits per heavy atom. The summed E-state index contributed by atoms with van der Waals surface area (Å²) < 4.78 is 8.03. The van der Waals surface area contributed by atoms with E-state index in [2.05, 4.69) is 47.3 Å². The first kappa shape index (κ1) is 26.2. The van der Waals surface area contributed by atoms with Gasteiger partial charge in [-0.15, -0.1) is 5.10 Å². The monoisotopic (exact) mass is 532 g/mol. The largest absolute Gasteiger partial charge is 0.489 e. The molecule has 198 valence electrons. The van der Waals surface area contributed by atoms with Gasteiger partial charge in [0.25, 0.3) is 0 Å². The molecule has 0 aliphatic carbocycles. The molecule has 8 heteroatoms. The molecule has 5 rings (SSSR count). The summed E-state index contributed by atoms with van der Waals surface area (Å²) >= 11 is 6.31. The summed E-state index contributed by atoms with van der Waals surface area (Å²) in [5.41, 5.74) is 8.09. The molecule has 38 heavy (non-hydrogen) atoms. The third kappa shape index (κ3) is 5.26. The normalized spacial score (nSPS) is 16.6. The van der Waals surface area contributed by atoms with Crippen molar-refractivity contribution in [2.75, 3.05) is 6.54 Å². The fourth-order valence-corrected chi connectivity index (χ4v) is 5.65. The average molecular weight is 533 g/mol. The van der Waals surface area contributed by atoms with Crippen molar-refractivity contribution in [1.82, 2.24) is 19.9 Å². The van der Waals surface area contributed by atoms with Crippen molar-refractivity contribution in [3.8, 4) is 5.75 Å². The minimum Gasteiger partial charge on any atom is -0.489 e. The van der Waals surface area contributed by atoms with Gasteiger partial charge in [-0.2, -0.15) is 0 Å². The van der Waals surface area contributed by atoms with Gasteiger partial charge >= 0.3 is 5.97 Å². The van der Waals surface area contributed by atoms with Gasteiger partial charge in [-0.25, -0.2) is 4.68 Å². The van der Waals surface area contributed by atoms with Gasteiger partial charge in [0.15, 0.2) is 0 Å². The average Bonchev–Trinajstić information content (AvgIpc) is 3.17. The van der Waals surface area contributed by atoms with Crippen LogP contribution in [0.15, 0.2) is 48.5 Å². The molecule has 0 radical (unpaired) electrons. The Morgan fingerprint density at radius 2 is 2.00 bits per heavy atom. The summed E-state index contributed by atoms with van der Waals surface area (Å²) in [7, 11) is 1.86. The Kier molecular flexibility index (Phi) is 7.41. The molecule has 1 aromatic heterocycles. The van der Waals surface area contributed by atoms with E-state index in [1.807, 2.05) is 44.3 Å². The highest BCUT2D eigenvalue weighted by Crippen LogP contribution is 2.35. The van der Waals surface area contributed by atoms with E-state index in [9.17, 15) is 9.90 Å². The second-order valence-electron chi connectivity index (χ2n) is 10.3. The van der Waals surface area contributed by atoms with Gasteiger partial charge in [0.2, 0.25) is 0 Å². The number of aromatic nitrogens is 3. The van der Waals surface area contributed by atoms with E-state index >= 15 is 0 Å². The number of hydrogen-bond donors (Lipinski definition) is 1. The van der Waals surface area contributed by atoms with E-state index in [4.69, 9.17) is 16.3 Å². The fraction of sp³-hybridized carbons (Fsp3) is 0.367. The number of carboxylic acids is 1. The molecular formula is C30H33ClN4O3. The van der Waals surface area contributed by atoms with Gasteiger partial charge in [-0.3, -0.25) is 9.69 Å². The van der Waals surface area contributed by atoms with Gasteiger partial charge in [-0.05, 0) is 72.4 Å². The maximum absolute atomic E-state index is 12.0. The van der Waals surface area contributed by atoms with Crippen LogP contribution in [0.3, 0.4) is 0 Å². The Bertz CT molecular complexity index is 1500. The number of aryl methyl sites for hydroxylation is 3. The lowest BCUT2D eigenvalue weighted by molar-refractivity contribution is -0.137. The fourth-order valence-electron chi connectivity index (χ4n) is 5.46. The standard InChI is InChI=1S/C30H33ClN4O3/c1-5-24-17-35(16-22-13-23(31)8-11-28(22)38-24)15-21-12-20(7-6-18(21)2)26(14-29(36)37)25-9-10-27-30(19(25)3)32-33-34(27)4/h6-13,24,26H,5,14-17H2,1-4H3,(H,36,37). The molecule has 3 aromatic carbocycles. The SMILES string of the molecule is CCC1CN(Cc2cc(C(CC(=O)O)c3ccc4c(nnn4C)c3C)ccc2C)Cc2cc(Cl)ccc2O1. The lowest BCUT2D eigenvalue weighted by Crippen LogP contribution is -2.32. The maximum Gasteiger partial charge on any atom is 0.304 e. The number of ether oxygens (including phenoxy) is 1. The van der Waals surface area contributed by atoms with Crippen LogP contribution >= 0.6 is 11.6 Å². The van der Waals surface area contributed by atoms with Crippen LogP contribution in [-0.4, -0.2) is 43.6 Å². The van der Waals surface area contributed by atoms with Crippen LogP contribution < -0.4 is 4.74 Å². The van der Waals surface area contributed by atoms with Crippen LogP contribution in [0.25, 0.3) is 11.0 Å². The molecule has 0 spiro atoms. The van der Waals surface area contributed by atoms with E-state index in [0.29, 0.717) is 5.02 Å². The molecule has 0 saturated carbocycles. The minimum absolute atomic E-state index is 0.00352. The summed E-state index contributed by atoms with van der Waals surface area (Å²) in [6, 6.07) is 16.2. The maximum atomic E-state index is 12.0. The Labute approximate surface area is 228 Å². The number of carboxylic acid groups (broad SMARTS) is 1. The van der Waals surface area contributed by atoms with Crippen LogP contribution in [0, 0.1) is 13.8 Å². The molecule has 0 bridgehead atoms. The number of hydrogen-bond acceptors (Lipinski definition) is 5. The van der Waals surface area contributed by atoms with Crippen molar-refractivity contribution in [1.29, 1.82) is 0 Å². The van der Waals surface area contributed by atoms with E-state index in [-0.39, 0.29) is 18.4 Å². The lowest BCUT2D eigenvalue weighted by Gasteiger charge is -2.25. The van der Waals surface area contributed by atoms with Crippen molar-refractivity contribution in [3.05, 3.63) is 86.9 Å². The summed E-state index contributed by atoms with van der Waals surface area (Å²) in [4.78, 5) is 14.4. The first-order chi connectivity index (χ1) is 18.2. The van der Waals surface area contributed by atoms with E-state index in [1.54, 1.807) is 4.68 Å². The van der Waals surface area contributed by atoms with Gasteiger partial charge < -0.3 is 9.84 Å². The van der Waals surface area contributed by atoms with Gasteiger partial charge in [0.1, 0.15) is 17.4 Å². The molecule has 1 N–H and O–H groups in total. The van der Waals surface area contributed by atoms with E-state index in [1.165, 1.54) is 11.1 Å². The quantitative estimate of drug-likeness (QED) is 0.313. The molecule has 2 atom stereocenters. The minimum atomic E-state index is -0.834. The zero-order valence-electron chi connectivity index (χ0n) is 22.2. The lowest BCUT2D eigenvalue weighted by atomic mass is 9.84. The second kappa shape index (κ2) is 10.8. The predicted molar refractivity (Wildman–Crippen MR) is 149 cm³/mol. The molecule has 7 nitrogen and oxygen atoms in total. The number of rotatable bonds is 7. The van der Waals surface area contributed by atoms with Gasteiger partial charge in [-0.1, -0.05) is 48.0 Å². The third-order valence-corrected chi connectivity index (χ3v) is 7.87. The second-order valence-corrected chi connectivity index (χ2v) is 10.7. The molecular weight excluding hydrogens is 500 g/mol. The zero-order valence-corrected chi connectivity index (χ0v) is 23.0. The van der Waals surface area contributed by atoms with Crippen molar-refractivity contribution in [3.63, 3.8) is 0 Å². The highest BCUT2D eigenvalue weighted by molar-refractivity contribution is 6.30. The summed E-state index contributed by atoms with van der Waals surface area (Å²) in [6.45, 7) is 8.51. The summed E-state index contributed by atoms with van der Waals surface area (Å²) in [5, 5.41) is 19.0. The number of fused-ring (bicyclic) bond motifs is 2. The van der Waals surface area contributed by atoms with Crippen molar-refractivity contribution in [2.45, 2.75) is 58.7 Å². The van der Waals surface area contributed by atoms with Crippen LogP contribution in [-0.2, 0) is 24.9 Å². The predicted octanol–water partition coefficient (Wildman–Crippen LogP) is 6.02. The highest BCUT2D eigenvalue weighted by atomic mass is 35.5. The number of halogens is 1. The first-order valence-electron chi connectivity index (χ1n) is 13.0. The molecule has 1 aliphatic rings. The van der Waals surface area contributed by atoms with E-state index < -0.39 is 5.97 Å². The van der Waals surface area contributed by atoms with E-state index in [0.717, 1.165) is 65.1 Å². The van der Waals surface area contributed by atoms with Crippen molar-refractivity contribution < 1.29 is 14.6 Å². The topological polar surface area (TPSA) is 80.5 Å². The smallest absolute Gasteiger partial charge is 0.304 e. The molecule has 4 aromatic rings. The number of nitrogens with zero attached hydrogens (tertiary/aromatic N) is 4. The van der Waals surface area contributed by atoms with Crippen LogP contribution in [0.4, 0.5) is 0 Å². The van der Waals surface area contributed by atoms with Crippen LogP contribution in [0.5, 0.6) is 5.75 Å². The van der Waals surface area contributed by atoms with Crippen LogP contribution in [0.2, 0.25) is 5.02 Å². The van der Waals surface area contributed by atoms with Crippen molar-refractivity contribution >= 4 is 28.6 Å². The molecule has 0 amide bonds. The van der Waals surface area contributed by atoms with Crippen molar-refractivity contribution in [2.24, 2.45) is 7.05 Å². The molecule has 1 aliphatic heterocycles. The number of benzene rings is 3. The molecule has 2 heterocycles. The first-order valence-corrected chi connectivity index (χ1v) is 13.4. The Morgan fingerprint density at radius 3 is 2.76 bits per heavy atom. The Balaban J connectivity index is 1.50. The number of aliphatic carboxylic acids is 1. The third-order valence-electron chi connectivity index (χ3n) is 7.63. The van der Waals surface area contributed by atoms with Gasteiger partial charge in [0.05, 0.1) is 11.9 Å². The van der Waals surface area contributed by atoms with Crippen LogP contribution in [0.1, 0.15) is 59.1 Å². The summed E-state index contributed by atoms with van der Waals surface area (Å²) in [5.74, 6) is -0.237.